The predicted molar refractivity (Wildman–Crippen MR) is 113 cm³/mol. The summed E-state index contributed by atoms with van der Waals surface area (Å²) in [6, 6.07) is 19.0. The molecule has 0 radical (unpaired) electrons. The molecule has 4 nitrogen and oxygen atoms in total. The van der Waals surface area contributed by atoms with E-state index < -0.39 is 12.0 Å². The van der Waals surface area contributed by atoms with Crippen molar-refractivity contribution in [2.24, 2.45) is 0 Å². The van der Waals surface area contributed by atoms with Gasteiger partial charge in [0.05, 0.1) is 19.6 Å². The lowest BCUT2D eigenvalue weighted by Crippen LogP contribution is -2.43. The Hall–Kier alpha value is -3.32. The Bertz CT molecular complexity index is 938. The number of ether oxygens (including phenoxy) is 1. The number of carbonyl (C=O) groups excluding carboxylic acids is 2. The van der Waals surface area contributed by atoms with E-state index in [9.17, 15) is 9.59 Å². The van der Waals surface area contributed by atoms with Crippen molar-refractivity contribution < 1.29 is 14.3 Å². The van der Waals surface area contributed by atoms with E-state index in [1.165, 1.54) is 12.7 Å². The second-order valence-electron chi connectivity index (χ2n) is 7.05. The molecule has 1 unspecified atom stereocenters. The fourth-order valence-electron chi connectivity index (χ4n) is 3.39. The molecular formula is C25H25NO3. The zero-order valence-corrected chi connectivity index (χ0v) is 16.8. The maximum atomic E-state index is 13.1. The molecule has 1 aliphatic rings. The molecule has 2 aromatic carbocycles. The van der Waals surface area contributed by atoms with Gasteiger partial charge in [-0.05, 0) is 30.5 Å². The van der Waals surface area contributed by atoms with Crippen molar-refractivity contribution in [2.45, 2.75) is 31.7 Å². The van der Waals surface area contributed by atoms with Gasteiger partial charge in [0.25, 0.3) is 0 Å². The number of esters is 1. The number of methoxy groups -OCH3 is 1. The molecule has 0 bridgehead atoms. The van der Waals surface area contributed by atoms with Gasteiger partial charge in [-0.25, -0.2) is 4.79 Å². The second-order valence-corrected chi connectivity index (χ2v) is 7.05. The van der Waals surface area contributed by atoms with Crippen LogP contribution >= 0.6 is 0 Å². The van der Waals surface area contributed by atoms with Crippen LogP contribution < -0.4 is 0 Å². The average Bonchev–Trinajstić information content (AvgIpc) is 3.20. The summed E-state index contributed by atoms with van der Waals surface area (Å²) in [5.41, 5.74) is 2.94. The summed E-state index contributed by atoms with van der Waals surface area (Å²) < 4.78 is 4.91. The van der Waals surface area contributed by atoms with Crippen LogP contribution in [0, 0.1) is 11.8 Å². The molecule has 0 N–H and O–H groups in total. The zero-order valence-electron chi connectivity index (χ0n) is 16.8. The van der Waals surface area contributed by atoms with E-state index in [-0.39, 0.29) is 11.8 Å². The fraction of sp³-hybridized carbons (Fsp3) is 0.280. The third kappa shape index (κ3) is 5.14. The highest BCUT2D eigenvalue weighted by Gasteiger charge is 2.36. The minimum atomic E-state index is -0.725. The monoisotopic (exact) mass is 387 g/mol. The van der Waals surface area contributed by atoms with Crippen molar-refractivity contribution in [1.29, 1.82) is 0 Å². The van der Waals surface area contributed by atoms with E-state index >= 15 is 0 Å². The van der Waals surface area contributed by atoms with Crippen LogP contribution in [0.2, 0.25) is 0 Å². The average molecular weight is 387 g/mol. The standard InChI is InChI=1S/C25H25NO3/c1-19(22-15-7-4-8-16-22)24(27)26-18-21(17-23(26)25(28)29-2)14-10-9-13-20-11-5-3-6-12-20/h3-8,11-12,15-17,19,23H,9,13,18H2,1-2H3/t19?,23-/m0/s1. The highest BCUT2D eigenvalue weighted by molar-refractivity contribution is 5.91. The predicted octanol–water partition coefficient (Wildman–Crippen LogP) is 3.74. The van der Waals surface area contributed by atoms with Crippen LogP contribution in [-0.4, -0.2) is 36.5 Å². The first-order valence-electron chi connectivity index (χ1n) is 9.77. The number of hydrogen-bond acceptors (Lipinski definition) is 3. The summed E-state index contributed by atoms with van der Waals surface area (Å²) in [7, 11) is 1.34. The van der Waals surface area contributed by atoms with Gasteiger partial charge in [0.2, 0.25) is 5.91 Å². The van der Waals surface area contributed by atoms with Crippen molar-refractivity contribution in [1.82, 2.24) is 4.90 Å². The third-order valence-corrected chi connectivity index (χ3v) is 5.06. The smallest absolute Gasteiger partial charge is 0.332 e. The molecule has 2 atom stereocenters. The maximum Gasteiger partial charge on any atom is 0.332 e. The number of benzene rings is 2. The van der Waals surface area contributed by atoms with Crippen molar-refractivity contribution in [2.75, 3.05) is 13.7 Å². The summed E-state index contributed by atoms with van der Waals surface area (Å²) in [5.74, 6) is 5.40. The molecular weight excluding hydrogens is 362 g/mol. The van der Waals surface area contributed by atoms with Crippen LogP contribution in [0.5, 0.6) is 0 Å². The van der Waals surface area contributed by atoms with Gasteiger partial charge in [-0.2, -0.15) is 0 Å². The maximum absolute atomic E-state index is 13.1. The van der Waals surface area contributed by atoms with E-state index in [1.54, 1.807) is 11.0 Å². The van der Waals surface area contributed by atoms with Crippen LogP contribution in [0.1, 0.15) is 30.4 Å². The number of aryl methyl sites for hydroxylation is 1. The van der Waals surface area contributed by atoms with E-state index in [2.05, 4.69) is 24.0 Å². The topological polar surface area (TPSA) is 46.6 Å². The summed E-state index contributed by atoms with van der Waals surface area (Å²) in [4.78, 5) is 26.9. The van der Waals surface area contributed by atoms with Gasteiger partial charge in [0, 0.05) is 12.0 Å². The van der Waals surface area contributed by atoms with Crippen LogP contribution in [-0.2, 0) is 20.7 Å². The van der Waals surface area contributed by atoms with Crippen LogP contribution in [0.25, 0.3) is 0 Å². The quantitative estimate of drug-likeness (QED) is 0.580. The molecule has 0 aliphatic carbocycles. The molecule has 1 aliphatic heterocycles. The molecule has 1 amide bonds. The minimum absolute atomic E-state index is 0.107. The first-order chi connectivity index (χ1) is 14.1. The van der Waals surface area contributed by atoms with E-state index in [1.807, 2.05) is 55.5 Å². The van der Waals surface area contributed by atoms with Gasteiger partial charge in [0.15, 0.2) is 0 Å². The highest BCUT2D eigenvalue weighted by Crippen LogP contribution is 2.24. The number of nitrogens with zero attached hydrogens (tertiary/aromatic N) is 1. The minimum Gasteiger partial charge on any atom is -0.467 e. The lowest BCUT2D eigenvalue weighted by Gasteiger charge is -2.26. The van der Waals surface area contributed by atoms with Crippen molar-refractivity contribution >= 4 is 11.9 Å². The Morgan fingerprint density at radius 3 is 2.41 bits per heavy atom. The first-order valence-corrected chi connectivity index (χ1v) is 9.77. The summed E-state index contributed by atoms with van der Waals surface area (Å²) in [5, 5.41) is 0. The Balaban J connectivity index is 1.69. The van der Waals surface area contributed by atoms with E-state index in [4.69, 9.17) is 4.74 Å². The van der Waals surface area contributed by atoms with Gasteiger partial charge in [0.1, 0.15) is 6.04 Å². The largest absolute Gasteiger partial charge is 0.467 e. The molecule has 0 saturated carbocycles. The van der Waals surface area contributed by atoms with Gasteiger partial charge in [-0.15, -0.1) is 0 Å². The summed E-state index contributed by atoms with van der Waals surface area (Å²) in [6.45, 7) is 2.18. The SMILES string of the molecule is COC(=O)[C@@H]1C=C(C#CCCc2ccccc2)CN1C(=O)C(C)c1ccccc1. The molecule has 0 aromatic heterocycles. The third-order valence-electron chi connectivity index (χ3n) is 5.06. The number of rotatable bonds is 5. The Labute approximate surface area is 172 Å². The zero-order chi connectivity index (χ0) is 20.6. The van der Waals surface area contributed by atoms with Crippen LogP contribution in [0.3, 0.4) is 0 Å². The van der Waals surface area contributed by atoms with Crippen molar-refractivity contribution in [3.63, 3.8) is 0 Å². The molecule has 0 saturated heterocycles. The van der Waals surface area contributed by atoms with Crippen molar-refractivity contribution in [3.05, 3.63) is 83.4 Å². The number of hydrogen-bond donors (Lipinski definition) is 0. The van der Waals surface area contributed by atoms with E-state index in [0.29, 0.717) is 6.54 Å². The summed E-state index contributed by atoms with van der Waals surface area (Å²) >= 11 is 0. The van der Waals surface area contributed by atoms with Gasteiger partial charge >= 0.3 is 5.97 Å². The van der Waals surface area contributed by atoms with Crippen LogP contribution in [0.4, 0.5) is 0 Å². The van der Waals surface area contributed by atoms with Crippen molar-refractivity contribution in [3.8, 4) is 11.8 Å². The molecule has 4 heteroatoms. The molecule has 1 heterocycles. The normalized spacial score (nSPS) is 16.4. The lowest BCUT2D eigenvalue weighted by molar-refractivity contribution is -0.150. The summed E-state index contributed by atoms with van der Waals surface area (Å²) in [6.07, 6.45) is 3.34. The Morgan fingerprint density at radius 1 is 1.10 bits per heavy atom. The molecule has 29 heavy (non-hydrogen) atoms. The lowest BCUT2D eigenvalue weighted by atomic mass is 9.99. The number of carbonyl (C=O) groups is 2. The first kappa shape index (κ1) is 20.4. The molecule has 3 rings (SSSR count). The molecule has 0 fully saturated rings. The van der Waals surface area contributed by atoms with E-state index in [0.717, 1.165) is 24.0 Å². The van der Waals surface area contributed by atoms with Crippen LogP contribution in [0.15, 0.2) is 72.3 Å². The molecule has 148 valence electrons. The highest BCUT2D eigenvalue weighted by atomic mass is 16.5. The fourth-order valence-corrected chi connectivity index (χ4v) is 3.39. The van der Waals surface area contributed by atoms with Gasteiger partial charge < -0.3 is 9.64 Å². The molecule has 2 aromatic rings. The van der Waals surface area contributed by atoms with Gasteiger partial charge in [-0.1, -0.05) is 72.5 Å². The second kappa shape index (κ2) is 9.75. The molecule has 0 spiro atoms. The Morgan fingerprint density at radius 2 is 1.76 bits per heavy atom. The van der Waals surface area contributed by atoms with Gasteiger partial charge in [-0.3, -0.25) is 4.79 Å². The number of amides is 1. The Kier molecular flexibility index (Phi) is 6.86.